The van der Waals surface area contributed by atoms with E-state index in [1.807, 2.05) is 18.2 Å². The number of rotatable bonds is 7. The molecule has 164 valence electrons. The maximum Gasteiger partial charge on any atom is 0.225 e. The Labute approximate surface area is 185 Å². The monoisotopic (exact) mass is 419 g/mol. The average molecular weight is 420 g/mol. The lowest BCUT2D eigenvalue weighted by Crippen LogP contribution is -2.40. The highest BCUT2D eigenvalue weighted by Crippen LogP contribution is 2.31. The van der Waals surface area contributed by atoms with Crippen LogP contribution in [-0.2, 0) is 17.9 Å². The fourth-order valence-electron chi connectivity index (χ4n) is 4.36. The van der Waals surface area contributed by atoms with Crippen molar-refractivity contribution in [3.8, 4) is 0 Å². The molecule has 0 spiro atoms. The molecule has 1 atom stereocenters. The lowest BCUT2D eigenvalue weighted by atomic mass is 9.90. The first-order valence-corrected chi connectivity index (χ1v) is 11.4. The molecule has 0 aliphatic carbocycles. The molecule has 2 aromatic carbocycles. The van der Waals surface area contributed by atoms with Crippen molar-refractivity contribution in [2.75, 3.05) is 31.5 Å². The second-order valence-corrected chi connectivity index (χ2v) is 8.41. The van der Waals surface area contributed by atoms with E-state index in [0.29, 0.717) is 19.5 Å². The summed E-state index contributed by atoms with van der Waals surface area (Å²) in [5.74, 6) is 0.993. The van der Waals surface area contributed by atoms with Crippen molar-refractivity contribution in [2.45, 2.75) is 45.2 Å². The molecular formula is C25H33N5O. The molecule has 1 amide bonds. The van der Waals surface area contributed by atoms with Gasteiger partial charge in [0.25, 0.3) is 0 Å². The number of amides is 1. The predicted molar refractivity (Wildman–Crippen MR) is 126 cm³/mol. The van der Waals surface area contributed by atoms with Crippen LogP contribution in [0.25, 0.3) is 0 Å². The summed E-state index contributed by atoms with van der Waals surface area (Å²) in [7, 11) is 0. The minimum Gasteiger partial charge on any atom is -0.357 e. The van der Waals surface area contributed by atoms with Gasteiger partial charge in [0.2, 0.25) is 5.91 Å². The van der Waals surface area contributed by atoms with E-state index in [-0.39, 0.29) is 11.8 Å². The molecule has 2 heterocycles. The third-order valence-corrected chi connectivity index (χ3v) is 6.01. The summed E-state index contributed by atoms with van der Waals surface area (Å²) < 4.78 is 0. The summed E-state index contributed by atoms with van der Waals surface area (Å²) in [5, 5.41) is 9.71. The smallest absolute Gasteiger partial charge is 0.225 e. The normalized spacial score (nSPS) is 19.1. The van der Waals surface area contributed by atoms with Crippen LogP contribution < -0.4 is 16.0 Å². The van der Waals surface area contributed by atoms with Gasteiger partial charge in [-0.1, -0.05) is 42.5 Å². The van der Waals surface area contributed by atoms with Crippen LogP contribution in [0.3, 0.4) is 0 Å². The first-order chi connectivity index (χ1) is 15.2. The van der Waals surface area contributed by atoms with Crippen molar-refractivity contribution >= 4 is 17.6 Å². The number of aliphatic imine (C=N–C) groups is 1. The molecule has 31 heavy (non-hydrogen) atoms. The van der Waals surface area contributed by atoms with Gasteiger partial charge in [0.15, 0.2) is 5.96 Å². The topological polar surface area (TPSA) is 68.8 Å². The zero-order valence-electron chi connectivity index (χ0n) is 18.4. The van der Waals surface area contributed by atoms with Crippen LogP contribution in [0.4, 0.5) is 5.69 Å². The van der Waals surface area contributed by atoms with Gasteiger partial charge in [0, 0.05) is 37.7 Å². The predicted octanol–water partition coefficient (Wildman–Crippen LogP) is 3.46. The molecule has 1 saturated heterocycles. The van der Waals surface area contributed by atoms with Crippen LogP contribution in [0, 0.1) is 0 Å². The average Bonchev–Trinajstić information content (AvgIpc) is 3.29. The first kappa shape index (κ1) is 21.4. The summed E-state index contributed by atoms with van der Waals surface area (Å²) in [6.45, 7) is 7.64. The minimum absolute atomic E-state index is 0.0708. The second kappa shape index (κ2) is 10.4. The first-order valence-electron chi connectivity index (χ1n) is 11.4. The standard InChI is InChI=1S/C25H33N5O/c1-2-26-25(28-17-21-15-24(31)29-23-8-4-3-7-22(21)23)27-16-19-9-11-20(12-10-19)18-30-13-5-6-14-30/h3-4,7-12,21H,2,5-6,13-18H2,1H3,(H,29,31)(H2,26,27,28). The Hall–Kier alpha value is -2.86. The van der Waals surface area contributed by atoms with Gasteiger partial charge in [-0.05, 0) is 55.6 Å². The SMILES string of the molecule is CCNC(=NCc1ccc(CN2CCCC2)cc1)NCC1CC(=O)Nc2ccccc21. The third kappa shape index (κ3) is 5.85. The van der Waals surface area contributed by atoms with E-state index in [1.165, 1.54) is 42.6 Å². The lowest BCUT2D eigenvalue weighted by Gasteiger charge is -2.26. The Kier molecular flexibility index (Phi) is 7.20. The number of likely N-dealkylation sites (tertiary alicyclic amines) is 1. The van der Waals surface area contributed by atoms with Gasteiger partial charge in [0.05, 0.1) is 6.54 Å². The van der Waals surface area contributed by atoms with Crippen LogP contribution >= 0.6 is 0 Å². The van der Waals surface area contributed by atoms with Gasteiger partial charge in [0.1, 0.15) is 0 Å². The van der Waals surface area contributed by atoms with E-state index in [9.17, 15) is 4.79 Å². The van der Waals surface area contributed by atoms with Crippen molar-refractivity contribution in [1.29, 1.82) is 0 Å². The number of nitrogens with zero attached hydrogens (tertiary/aromatic N) is 2. The lowest BCUT2D eigenvalue weighted by molar-refractivity contribution is -0.116. The summed E-state index contributed by atoms with van der Waals surface area (Å²) >= 11 is 0. The van der Waals surface area contributed by atoms with E-state index in [0.717, 1.165) is 24.7 Å². The molecule has 0 aromatic heterocycles. The van der Waals surface area contributed by atoms with Crippen LogP contribution in [-0.4, -0.2) is 42.9 Å². The van der Waals surface area contributed by atoms with Crippen molar-refractivity contribution in [1.82, 2.24) is 15.5 Å². The number of hydrogen-bond acceptors (Lipinski definition) is 3. The van der Waals surface area contributed by atoms with Crippen molar-refractivity contribution < 1.29 is 4.79 Å². The van der Waals surface area contributed by atoms with Crippen molar-refractivity contribution in [3.63, 3.8) is 0 Å². The van der Waals surface area contributed by atoms with Crippen molar-refractivity contribution in [3.05, 3.63) is 65.2 Å². The fraction of sp³-hybridized carbons (Fsp3) is 0.440. The number of anilines is 1. The van der Waals surface area contributed by atoms with E-state index < -0.39 is 0 Å². The molecule has 1 fully saturated rings. The number of fused-ring (bicyclic) bond motifs is 1. The van der Waals surface area contributed by atoms with E-state index in [4.69, 9.17) is 4.99 Å². The van der Waals surface area contributed by atoms with Gasteiger partial charge in [-0.3, -0.25) is 9.69 Å². The number of hydrogen-bond donors (Lipinski definition) is 3. The number of carbonyl (C=O) groups excluding carboxylic acids is 1. The molecule has 4 rings (SSSR count). The number of carbonyl (C=O) groups is 1. The zero-order chi connectivity index (χ0) is 21.5. The summed E-state index contributed by atoms with van der Waals surface area (Å²) in [6.07, 6.45) is 3.14. The largest absolute Gasteiger partial charge is 0.357 e. The van der Waals surface area contributed by atoms with Gasteiger partial charge in [-0.15, -0.1) is 0 Å². The van der Waals surface area contributed by atoms with Crippen molar-refractivity contribution in [2.24, 2.45) is 4.99 Å². The molecule has 6 heteroatoms. The highest BCUT2D eigenvalue weighted by molar-refractivity contribution is 5.94. The molecule has 2 aliphatic heterocycles. The van der Waals surface area contributed by atoms with Crippen LogP contribution in [0.2, 0.25) is 0 Å². The highest BCUT2D eigenvalue weighted by Gasteiger charge is 2.24. The van der Waals surface area contributed by atoms with E-state index in [1.54, 1.807) is 0 Å². The molecule has 3 N–H and O–H groups in total. The van der Waals surface area contributed by atoms with E-state index in [2.05, 4.69) is 58.1 Å². The molecule has 1 unspecified atom stereocenters. The maximum absolute atomic E-state index is 12.1. The third-order valence-electron chi connectivity index (χ3n) is 6.01. The molecule has 2 aliphatic rings. The van der Waals surface area contributed by atoms with E-state index >= 15 is 0 Å². The van der Waals surface area contributed by atoms with Crippen LogP contribution in [0.1, 0.15) is 48.8 Å². The molecular weight excluding hydrogens is 386 g/mol. The van der Waals surface area contributed by atoms with Gasteiger partial charge in [-0.25, -0.2) is 4.99 Å². The molecule has 6 nitrogen and oxygen atoms in total. The minimum atomic E-state index is 0.0708. The Morgan fingerprint density at radius 3 is 2.58 bits per heavy atom. The molecule has 0 bridgehead atoms. The maximum atomic E-state index is 12.1. The highest BCUT2D eigenvalue weighted by atomic mass is 16.1. The van der Waals surface area contributed by atoms with Crippen LogP contribution in [0.5, 0.6) is 0 Å². The number of benzene rings is 2. The zero-order valence-corrected chi connectivity index (χ0v) is 18.4. The summed E-state index contributed by atoms with van der Waals surface area (Å²) in [5.41, 5.74) is 4.67. The Morgan fingerprint density at radius 1 is 1.06 bits per heavy atom. The quantitative estimate of drug-likeness (QED) is 0.475. The van der Waals surface area contributed by atoms with Gasteiger partial charge < -0.3 is 16.0 Å². The fourth-order valence-corrected chi connectivity index (χ4v) is 4.36. The number of nitrogens with one attached hydrogen (secondary N) is 3. The number of guanidine groups is 1. The Bertz CT molecular complexity index is 902. The summed E-state index contributed by atoms with van der Waals surface area (Å²) in [6, 6.07) is 16.8. The number of para-hydroxylation sites is 1. The van der Waals surface area contributed by atoms with Gasteiger partial charge in [-0.2, -0.15) is 0 Å². The second-order valence-electron chi connectivity index (χ2n) is 8.41. The van der Waals surface area contributed by atoms with Crippen LogP contribution in [0.15, 0.2) is 53.5 Å². The van der Waals surface area contributed by atoms with Gasteiger partial charge >= 0.3 is 0 Å². The molecule has 0 radical (unpaired) electrons. The Balaban J connectivity index is 1.34. The molecule has 2 aromatic rings. The summed E-state index contributed by atoms with van der Waals surface area (Å²) in [4.78, 5) is 19.3. The molecule has 0 saturated carbocycles. The Morgan fingerprint density at radius 2 is 1.81 bits per heavy atom.